The molecule has 0 bridgehead atoms. The number of nitrogens with one attached hydrogen (secondary N) is 1. The predicted octanol–water partition coefficient (Wildman–Crippen LogP) is 3.59. The number of halogens is 1. The second-order valence-corrected chi connectivity index (χ2v) is 4.99. The smallest absolute Gasteiger partial charge is 0.226 e. The topological polar surface area (TPSA) is 42.0 Å². The summed E-state index contributed by atoms with van der Waals surface area (Å²) in [6.07, 6.45) is 1.72. The maximum absolute atomic E-state index is 11.7. The van der Waals surface area contributed by atoms with Crippen molar-refractivity contribution in [3.63, 3.8) is 0 Å². The number of aromatic nitrogens is 1. The third-order valence-electron chi connectivity index (χ3n) is 2.50. The van der Waals surface area contributed by atoms with Gasteiger partial charge < -0.3 is 5.32 Å². The van der Waals surface area contributed by atoms with Crippen molar-refractivity contribution in [1.82, 2.24) is 4.98 Å². The number of benzene rings is 1. The first kappa shape index (κ1) is 12.0. The summed E-state index contributed by atoms with van der Waals surface area (Å²) in [6.45, 7) is 3.73. The molecule has 0 spiro atoms. The van der Waals surface area contributed by atoms with Crippen LogP contribution in [-0.2, 0) is 4.79 Å². The molecule has 0 saturated heterocycles. The molecule has 1 aromatic heterocycles. The summed E-state index contributed by atoms with van der Waals surface area (Å²) in [5, 5.41) is 3.88. The number of nitrogens with zero attached hydrogens (tertiary/aromatic N) is 1. The number of carbonyl (C=O) groups is 1. The SMILES string of the molecule is CC(C)C(=O)Nc1ccc(Br)c2cccnc12. The molecule has 1 aromatic carbocycles. The van der Waals surface area contributed by atoms with E-state index in [-0.39, 0.29) is 11.8 Å². The molecule has 0 aliphatic carbocycles. The first-order valence-electron chi connectivity index (χ1n) is 5.43. The third kappa shape index (κ3) is 2.47. The number of hydrogen-bond acceptors (Lipinski definition) is 2. The monoisotopic (exact) mass is 292 g/mol. The number of carbonyl (C=O) groups excluding carboxylic acids is 1. The third-order valence-corrected chi connectivity index (χ3v) is 3.19. The van der Waals surface area contributed by atoms with Gasteiger partial charge in [0.1, 0.15) is 0 Å². The van der Waals surface area contributed by atoms with Crippen LogP contribution < -0.4 is 5.32 Å². The Labute approximate surface area is 108 Å². The second-order valence-electron chi connectivity index (χ2n) is 4.14. The minimum Gasteiger partial charge on any atom is -0.324 e. The zero-order valence-electron chi connectivity index (χ0n) is 9.70. The fourth-order valence-electron chi connectivity index (χ4n) is 1.52. The Bertz CT molecular complexity index is 566. The Hall–Kier alpha value is -1.42. The normalized spacial score (nSPS) is 10.8. The van der Waals surface area contributed by atoms with Crippen molar-refractivity contribution in [3.05, 3.63) is 34.9 Å². The molecular weight excluding hydrogens is 280 g/mol. The quantitative estimate of drug-likeness (QED) is 0.919. The van der Waals surface area contributed by atoms with Gasteiger partial charge in [-0.3, -0.25) is 9.78 Å². The van der Waals surface area contributed by atoms with E-state index in [0.29, 0.717) is 0 Å². The average Bonchev–Trinajstić information content (AvgIpc) is 2.33. The van der Waals surface area contributed by atoms with Crippen LogP contribution in [0.25, 0.3) is 10.9 Å². The van der Waals surface area contributed by atoms with Crippen LogP contribution in [0.3, 0.4) is 0 Å². The van der Waals surface area contributed by atoms with Crippen molar-refractivity contribution in [1.29, 1.82) is 0 Å². The van der Waals surface area contributed by atoms with Crippen LogP contribution in [0, 0.1) is 5.92 Å². The molecule has 0 aliphatic rings. The standard InChI is InChI=1S/C13H13BrN2O/c1-8(2)13(17)16-11-6-5-10(14)9-4-3-7-15-12(9)11/h3-8H,1-2H3,(H,16,17). The lowest BCUT2D eigenvalue weighted by Gasteiger charge is -2.10. The van der Waals surface area contributed by atoms with Crippen molar-refractivity contribution in [2.75, 3.05) is 5.32 Å². The fourth-order valence-corrected chi connectivity index (χ4v) is 1.97. The van der Waals surface area contributed by atoms with Crippen LogP contribution in [0.4, 0.5) is 5.69 Å². The molecule has 0 saturated carbocycles. The molecule has 0 atom stereocenters. The largest absolute Gasteiger partial charge is 0.324 e. The minimum absolute atomic E-state index is 0.000671. The maximum atomic E-state index is 11.7. The van der Waals surface area contributed by atoms with E-state index in [2.05, 4.69) is 26.2 Å². The lowest BCUT2D eigenvalue weighted by atomic mass is 10.1. The van der Waals surface area contributed by atoms with Gasteiger partial charge in [0, 0.05) is 22.0 Å². The summed E-state index contributed by atoms with van der Waals surface area (Å²) in [5.41, 5.74) is 1.55. The molecule has 0 radical (unpaired) electrons. The summed E-state index contributed by atoms with van der Waals surface area (Å²) in [5.74, 6) is -0.0447. The minimum atomic E-state index is -0.0441. The van der Waals surface area contributed by atoms with E-state index in [4.69, 9.17) is 0 Å². The van der Waals surface area contributed by atoms with E-state index < -0.39 is 0 Å². The first-order chi connectivity index (χ1) is 8.09. The Morgan fingerprint density at radius 1 is 1.35 bits per heavy atom. The van der Waals surface area contributed by atoms with Gasteiger partial charge >= 0.3 is 0 Å². The first-order valence-corrected chi connectivity index (χ1v) is 6.23. The van der Waals surface area contributed by atoms with Gasteiger partial charge in [0.05, 0.1) is 11.2 Å². The Morgan fingerprint density at radius 3 is 2.82 bits per heavy atom. The molecule has 4 heteroatoms. The lowest BCUT2D eigenvalue weighted by Crippen LogP contribution is -2.18. The molecule has 1 amide bonds. The van der Waals surface area contributed by atoms with E-state index in [1.165, 1.54) is 0 Å². The number of hydrogen-bond donors (Lipinski definition) is 1. The van der Waals surface area contributed by atoms with E-state index >= 15 is 0 Å². The zero-order valence-corrected chi connectivity index (χ0v) is 11.3. The molecular formula is C13H13BrN2O. The molecule has 88 valence electrons. The van der Waals surface area contributed by atoms with E-state index in [9.17, 15) is 4.79 Å². The Morgan fingerprint density at radius 2 is 2.12 bits per heavy atom. The van der Waals surface area contributed by atoms with Gasteiger partial charge in [-0.05, 0) is 18.2 Å². The van der Waals surface area contributed by atoms with Crippen molar-refractivity contribution in [2.24, 2.45) is 5.92 Å². The van der Waals surface area contributed by atoms with Crippen LogP contribution in [0.2, 0.25) is 0 Å². The highest BCUT2D eigenvalue weighted by Gasteiger charge is 2.10. The molecule has 1 N–H and O–H groups in total. The zero-order chi connectivity index (χ0) is 12.4. The maximum Gasteiger partial charge on any atom is 0.226 e. The molecule has 17 heavy (non-hydrogen) atoms. The molecule has 2 aromatic rings. The molecule has 0 fully saturated rings. The molecule has 0 unspecified atom stereocenters. The van der Waals surface area contributed by atoms with Crippen molar-refractivity contribution >= 4 is 38.4 Å². The van der Waals surface area contributed by atoms with Gasteiger partial charge in [-0.25, -0.2) is 0 Å². The summed E-state index contributed by atoms with van der Waals surface area (Å²) >= 11 is 3.47. The second kappa shape index (κ2) is 4.84. The van der Waals surface area contributed by atoms with Gasteiger partial charge in [-0.15, -0.1) is 0 Å². The summed E-state index contributed by atoms with van der Waals surface area (Å²) in [7, 11) is 0. The summed E-state index contributed by atoms with van der Waals surface area (Å²) in [6, 6.07) is 7.62. The highest BCUT2D eigenvalue weighted by molar-refractivity contribution is 9.10. The van der Waals surface area contributed by atoms with Crippen LogP contribution in [0.15, 0.2) is 34.9 Å². The molecule has 3 nitrogen and oxygen atoms in total. The fraction of sp³-hybridized carbons (Fsp3) is 0.231. The van der Waals surface area contributed by atoms with Crippen molar-refractivity contribution < 1.29 is 4.79 Å². The summed E-state index contributed by atoms with van der Waals surface area (Å²) in [4.78, 5) is 16.0. The van der Waals surface area contributed by atoms with Gasteiger partial charge in [0.25, 0.3) is 0 Å². The van der Waals surface area contributed by atoms with Gasteiger partial charge in [-0.1, -0.05) is 35.8 Å². The highest BCUT2D eigenvalue weighted by atomic mass is 79.9. The van der Waals surface area contributed by atoms with Gasteiger partial charge in [0.15, 0.2) is 0 Å². The highest BCUT2D eigenvalue weighted by Crippen LogP contribution is 2.28. The van der Waals surface area contributed by atoms with Crippen molar-refractivity contribution in [3.8, 4) is 0 Å². The van der Waals surface area contributed by atoms with Crippen molar-refractivity contribution in [2.45, 2.75) is 13.8 Å². The number of amides is 1. The number of pyridine rings is 1. The molecule has 2 rings (SSSR count). The number of rotatable bonds is 2. The Kier molecular flexibility index (Phi) is 3.43. The van der Waals surface area contributed by atoms with Crippen LogP contribution in [-0.4, -0.2) is 10.9 Å². The van der Waals surface area contributed by atoms with Crippen LogP contribution >= 0.6 is 15.9 Å². The van der Waals surface area contributed by atoms with Crippen LogP contribution in [0.5, 0.6) is 0 Å². The van der Waals surface area contributed by atoms with E-state index in [1.54, 1.807) is 6.20 Å². The number of anilines is 1. The van der Waals surface area contributed by atoms with Gasteiger partial charge in [0.2, 0.25) is 5.91 Å². The Balaban J connectivity index is 2.48. The van der Waals surface area contributed by atoms with E-state index in [0.717, 1.165) is 21.1 Å². The average molecular weight is 293 g/mol. The molecule has 0 aliphatic heterocycles. The predicted molar refractivity (Wildman–Crippen MR) is 72.9 cm³/mol. The van der Waals surface area contributed by atoms with Gasteiger partial charge in [-0.2, -0.15) is 0 Å². The number of fused-ring (bicyclic) bond motifs is 1. The molecule has 1 heterocycles. The van der Waals surface area contributed by atoms with E-state index in [1.807, 2.05) is 38.1 Å². The lowest BCUT2D eigenvalue weighted by molar-refractivity contribution is -0.118. The summed E-state index contributed by atoms with van der Waals surface area (Å²) < 4.78 is 0.975. The van der Waals surface area contributed by atoms with Crippen LogP contribution in [0.1, 0.15) is 13.8 Å².